The van der Waals surface area contributed by atoms with Gasteiger partial charge in [-0.05, 0) is 75.2 Å². The van der Waals surface area contributed by atoms with Gasteiger partial charge < -0.3 is 19.4 Å². The highest BCUT2D eigenvalue weighted by Crippen LogP contribution is 2.59. The van der Waals surface area contributed by atoms with Crippen LogP contribution in [0.15, 0.2) is 49.1 Å². The number of fused-ring (bicyclic) bond motifs is 3. The number of allylic oxidation sites excluding steroid dienone is 1. The van der Waals surface area contributed by atoms with Crippen LogP contribution in [0.5, 0.6) is 6.01 Å². The minimum absolute atomic E-state index is 0.192. The van der Waals surface area contributed by atoms with Crippen LogP contribution < -0.4 is 14.5 Å². The number of aromatic nitrogens is 2. The van der Waals surface area contributed by atoms with Crippen LogP contribution in [0.1, 0.15) is 36.9 Å². The number of piperidine rings is 1. The van der Waals surface area contributed by atoms with Gasteiger partial charge in [-0.25, -0.2) is 0 Å². The van der Waals surface area contributed by atoms with Crippen molar-refractivity contribution in [3.8, 4) is 6.01 Å². The molecule has 1 aromatic heterocycles. The summed E-state index contributed by atoms with van der Waals surface area (Å²) in [6, 6.07) is 13.3. The summed E-state index contributed by atoms with van der Waals surface area (Å²) >= 11 is 6.70. The summed E-state index contributed by atoms with van der Waals surface area (Å²) in [5, 5.41) is 2.99. The molecule has 1 aliphatic carbocycles. The second kappa shape index (κ2) is 10.0. The third kappa shape index (κ3) is 4.34. The zero-order valence-electron chi connectivity index (χ0n) is 23.1. The third-order valence-electron chi connectivity index (χ3n) is 9.75. The Labute approximate surface area is 240 Å². The van der Waals surface area contributed by atoms with E-state index in [0.717, 1.165) is 84.9 Å². The van der Waals surface area contributed by atoms with E-state index in [-0.39, 0.29) is 11.2 Å². The van der Waals surface area contributed by atoms with E-state index < -0.39 is 0 Å². The molecule has 4 aliphatic rings. The number of benzene rings is 2. The Morgan fingerprint density at radius 2 is 2.02 bits per heavy atom. The van der Waals surface area contributed by atoms with Gasteiger partial charge in [0.25, 0.3) is 0 Å². The van der Waals surface area contributed by atoms with Crippen LogP contribution in [0.2, 0.25) is 5.02 Å². The lowest BCUT2D eigenvalue weighted by atomic mass is 9.90. The van der Waals surface area contributed by atoms with Crippen molar-refractivity contribution in [3.05, 3.63) is 65.3 Å². The van der Waals surface area contributed by atoms with Gasteiger partial charge in [-0.15, -0.1) is 0 Å². The second-order valence-corrected chi connectivity index (χ2v) is 12.4. The Morgan fingerprint density at radius 1 is 1.18 bits per heavy atom. The Kier molecular flexibility index (Phi) is 6.47. The van der Waals surface area contributed by atoms with Crippen LogP contribution >= 0.6 is 11.6 Å². The molecule has 208 valence electrons. The molecule has 0 amide bonds. The summed E-state index contributed by atoms with van der Waals surface area (Å²) < 4.78 is 6.30. The molecule has 0 radical (unpaired) electrons. The van der Waals surface area contributed by atoms with Crippen LogP contribution in [0.4, 0.5) is 11.5 Å². The van der Waals surface area contributed by atoms with Crippen molar-refractivity contribution in [2.45, 2.75) is 44.7 Å². The van der Waals surface area contributed by atoms with Crippen molar-refractivity contribution in [2.24, 2.45) is 11.3 Å². The molecule has 3 fully saturated rings. The number of rotatable bonds is 7. The van der Waals surface area contributed by atoms with Gasteiger partial charge in [0, 0.05) is 47.7 Å². The lowest BCUT2D eigenvalue weighted by molar-refractivity contribution is -0.120. The number of ether oxygens (including phenoxy) is 1. The van der Waals surface area contributed by atoms with Crippen molar-refractivity contribution < 1.29 is 9.53 Å². The summed E-state index contributed by atoms with van der Waals surface area (Å²) in [4.78, 5) is 29.7. The highest BCUT2D eigenvalue weighted by Gasteiger charge is 2.60. The molecule has 0 N–H and O–H groups in total. The SMILES string of the molecule is C=CC(=O)[C@@]12CCN(c3nc(OC[C@@H]4CCCN4C)nc4c3CCN(c3cccc5cccc(Cl)c35)C4)CC1C2. The molecule has 0 spiro atoms. The van der Waals surface area contributed by atoms with Gasteiger partial charge in [-0.1, -0.05) is 42.4 Å². The van der Waals surface area contributed by atoms with Crippen LogP contribution in [-0.4, -0.2) is 66.5 Å². The molecule has 3 aromatic rings. The van der Waals surface area contributed by atoms with E-state index in [4.69, 9.17) is 26.3 Å². The number of carbonyl (C=O) groups excluding carboxylic acids is 1. The molecule has 7 rings (SSSR count). The molecule has 8 heteroatoms. The average Bonchev–Trinajstić information content (AvgIpc) is 3.59. The molecule has 7 nitrogen and oxygen atoms in total. The summed E-state index contributed by atoms with van der Waals surface area (Å²) in [6.07, 6.45) is 6.50. The minimum Gasteiger partial charge on any atom is -0.462 e. The van der Waals surface area contributed by atoms with Crippen LogP contribution in [0.25, 0.3) is 10.8 Å². The number of anilines is 2. The first-order chi connectivity index (χ1) is 19.5. The fourth-order valence-corrected chi connectivity index (χ4v) is 7.54. The summed E-state index contributed by atoms with van der Waals surface area (Å²) in [5.74, 6) is 1.56. The van der Waals surface area contributed by atoms with Gasteiger partial charge in [0.1, 0.15) is 12.4 Å². The standard InChI is InChI=1S/C32H36ClN5O2/c1-3-28(39)32-13-16-38(18-22(32)17-32)30-24-12-15-37(27-11-5-8-21-7-4-10-25(33)29(21)27)19-26(24)34-31(35-30)40-20-23-9-6-14-36(23)2/h3-5,7-8,10-11,22-23H,1,6,9,12-20H2,2H3/t22?,23-,32+/m0/s1. The number of ketones is 1. The molecule has 4 heterocycles. The number of hydrogen-bond donors (Lipinski definition) is 0. The van der Waals surface area contributed by atoms with E-state index in [1.54, 1.807) is 0 Å². The molecule has 40 heavy (non-hydrogen) atoms. The first-order valence-electron chi connectivity index (χ1n) is 14.5. The molecular weight excluding hydrogens is 522 g/mol. The van der Waals surface area contributed by atoms with Gasteiger partial charge in [0.2, 0.25) is 0 Å². The Morgan fingerprint density at radius 3 is 2.80 bits per heavy atom. The van der Waals surface area contributed by atoms with E-state index in [1.165, 1.54) is 18.1 Å². The van der Waals surface area contributed by atoms with E-state index in [9.17, 15) is 4.79 Å². The fraction of sp³-hybridized carbons (Fsp3) is 0.469. The van der Waals surface area contributed by atoms with E-state index in [0.29, 0.717) is 31.1 Å². The highest BCUT2D eigenvalue weighted by atomic mass is 35.5. The Hall–Kier alpha value is -3.16. The first-order valence-corrected chi connectivity index (χ1v) is 14.9. The van der Waals surface area contributed by atoms with Gasteiger partial charge in [0.05, 0.1) is 17.3 Å². The third-order valence-corrected chi connectivity index (χ3v) is 10.1. The molecule has 1 saturated carbocycles. The monoisotopic (exact) mass is 557 g/mol. The van der Waals surface area contributed by atoms with Gasteiger partial charge in [-0.3, -0.25) is 4.79 Å². The summed E-state index contributed by atoms with van der Waals surface area (Å²) in [7, 11) is 2.16. The molecule has 3 aliphatic heterocycles. The quantitative estimate of drug-likeness (QED) is 0.366. The fourth-order valence-electron chi connectivity index (χ4n) is 7.26. The molecule has 2 aromatic carbocycles. The maximum absolute atomic E-state index is 12.6. The van der Waals surface area contributed by atoms with Crippen LogP contribution in [0.3, 0.4) is 0 Å². The highest BCUT2D eigenvalue weighted by molar-refractivity contribution is 6.36. The minimum atomic E-state index is -0.192. The van der Waals surface area contributed by atoms with Crippen molar-refractivity contribution in [1.82, 2.24) is 14.9 Å². The average molecular weight is 558 g/mol. The number of nitrogens with zero attached hydrogens (tertiary/aromatic N) is 5. The van der Waals surface area contributed by atoms with Crippen molar-refractivity contribution in [3.63, 3.8) is 0 Å². The predicted octanol–water partition coefficient (Wildman–Crippen LogP) is 5.29. The number of carbonyl (C=O) groups is 1. The Balaban J connectivity index is 1.21. The van der Waals surface area contributed by atoms with Gasteiger partial charge in [-0.2, -0.15) is 9.97 Å². The molecule has 1 unspecified atom stereocenters. The summed E-state index contributed by atoms with van der Waals surface area (Å²) in [5.41, 5.74) is 3.16. The molecule has 2 saturated heterocycles. The Bertz CT molecular complexity index is 1490. The van der Waals surface area contributed by atoms with Crippen LogP contribution in [0, 0.1) is 11.3 Å². The van der Waals surface area contributed by atoms with E-state index in [1.807, 2.05) is 12.1 Å². The molecular formula is C32H36ClN5O2. The normalized spacial score (nSPS) is 25.9. The van der Waals surface area contributed by atoms with Gasteiger partial charge >= 0.3 is 6.01 Å². The van der Waals surface area contributed by atoms with Crippen molar-refractivity contribution in [2.75, 3.05) is 49.6 Å². The van der Waals surface area contributed by atoms with Crippen molar-refractivity contribution >= 4 is 39.7 Å². The zero-order valence-corrected chi connectivity index (χ0v) is 23.9. The summed E-state index contributed by atoms with van der Waals surface area (Å²) in [6.45, 7) is 8.64. The number of halogens is 1. The van der Waals surface area contributed by atoms with E-state index >= 15 is 0 Å². The topological polar surface area (TPSA) is 61.8 Å². The maximum atomic E-state index is 12.6. The number of likely N-dealkylation sites (tertiary alicyclic amines) is 1. The predicted molar refractivity (Wildman–Crippen MR) is 159 cm³/mol. The van der Waals surface area contributed by atoms with Gasteiger partial charge in [0.15, 0.2) is 5.78 Å². The smallest absolute Gasteiger partial charge is 0.318 e. The second-order valence-electron chi connectivity index (χ2n) is 12.0. The number of hydrogen-bond acceptors (Lipinski definition) is 7. The molecule has 3 atom stereocenters. The molecule has 0 bridgehead atoms. The van der Waals surface area contributed by atoms with E-state index in [2.05, 4.69) is 52.6 Å². The van der Waals surface area contributed by atoms with Crippen molar-refractivity contribution in [1.29, 1.82) is 0 Å². The van der Waals surface area contributed by atoms with Crippen LogP contribution in [-0.2, 0) is 17.8 Å². The first kappa shape index (κ1) is 25.8. The lowest BCUT2D eigenvalue weighted by Gasteiger charge is -2.36. The zero-order chi connectivity index (χ0) is 27.4. The number of likely N-dealkylation sites (N-methyl/N-ethyl adjacent to an activating group) is 1. The lowest BCUT2D eigenvalue weighted by Crippen LogP contribution is -2.40. The largest absolute Gasteiger partial charge is 0.462 e. The maximum Gasteiger partial charge on any atom is 0.318 e.